The van der Waals surface area contributed by atoms with E-state index in [0.29, 0.717) is 0 Å². The molecule has 0 saturated heterocycles. The molecule has 42 heavy (non-hydrogen) atoms. The maximum absolute atomic E-state index is 5.10. The van der Waals surface area contributed by atoms with Crippen LogP contribution in [0.25, 0.3) is 84.9 Å². The molecule has 9 aromatic rings. The summed E-state index contributed by atoms with van der Waals surface area (Å²) in [5.74, 6) is 0. The van der Waals surface area contributed by atoms with Crippen molar-refractivity contribution in [3.05, 3.63) is 134 Å². The average Bonchev–Trinajstić information content (AvgIpc) is 3.63. The van der Waals surface area contributed by atoms with Crippen molar-refractivity contribution in [3.8, 4) is 33.5 Å². The highest BCUT2D eigenvalue weighted by molar-refractivity contribution is 7.26. The number of thiophene rings is 2. The molecule has 0 spiro atoms. The normalized spacial score (nSPS) is 11.8. The van der Waals surface area contributed by atoms with E-state index in [1.165, 1.54) is 63.3 Å². The fourth-order valence-electron chi connectivity index (χ4n) is 6.10. The van der Waals surface area contributed by atoms with Gasteiger partial charge in [0.25, 0.3) is 0 Å². The number of hydrogen-bond acceptors (Lipinski definition) is 4. The van der Waals surface area contributed by atoms with E-state index in [2.05, 4.69) is 127 Å². The molecule has 0 radical (unpaired) electrons. The van der Waals surface area contributed by atoms with Crippen molar-refractivity contribution in [3.63, 3.8) is 0 Å². The Hall–Kier alpha value is -4.90. The van der Waals surface area contributed by atoms with Crippen molar-refractivity contribution in [1.29, 1.82) is 0 Å². The highest BCUT2D eigenvalue weighted by atomic mass is 32.1. The SMILES string of the molecule is c1cc(-c2cccc(-c3cccc4c3sc3ccccc34)c2)cc(-c2cnc3c(n2)sc2c4ccccc4ccc32)c1. The van der Waals surface area contributed by atoms with E-state index in [-0.39, 0.29) is 0 Å². The molecule has 0 aliphatic heterocycles. The highest BCUT2D eigenvalue weighted by Crippen LogP contribution is 2.41. The van der Waals surface area contributed by atoms with Crippen LogP contribution in [0, 0.1) is 0 Å². The van der Waals surface area contributed by atoms with E-state index in [9.17, 15) is 0 Å². The zero-order chi connectivity index (χ0) is 27.6. The van der Waals surface area contributed by atoms with Gasteiger partial charge in [-0.1, -0.05) is 109 Å². The van der Waals surface area contributed by atoms with Gasteiger partial charge >= 0.3 is 0 Å². The van der Waals surface area contributed by atoms with Crippen molar-refractivity contribution in [1.82, 2.24) is 9.97 Å². The van der Waals surface area contributed by atoms with Gasteiger partial charge in [0.15, 0.2) is 0 Å². The minimum atomic E-state index is 0.895. The van der Waals surface area contributed by atoms with Crippen LogP contribution in [0.2, 0.25) is 0 Å². The highest BCUT2D eigenvalue weighted by Gasteiger charge is 2.14. The van der Waals surface area contributed by atoms with E-state index >= 15 is 0 Å². The van der Waals surface area contributed by atoms with Gasteiger partial charge in [-0.3, -0.25) is 4.98 Å². The molecule has 2 nitrogen and oxygen atoms in total. The lowest BCUT2D eigenvalue weighted by atomic mass is 9.96. The van der Waals surface area contributed by atoms with Crippen LogP contribution in [0.5, 0.6) is 0 Å². The van der Waals surface area contributed by atoms with E-state index in [4.69, 9.17) is 9.97 Å². The fraction of sp³-hybridized carbons (Fsp3) is 0. The lowest BCUT2D eigenvalue weighted by Gasteiger charge is -2.09. The van der Waals surface area contributed by atoms with Crippen LogP contribution in [-0.2, 0) is 0 Å². The van der Waals surface area contributed by atoms with Crippen LogP contribution < -0.4 is 0 Å². The second-order valence-corrected chi connectivity index (χ2v) is 12.7. The molecule has 0 fully saturated rings. The molecular weight excluding hydrogens is 549 g/mol. The first-order valence-electron chi connectivity index (χ1n) is 14.0. The maximum atomic E-state index is 5.10. The lowest BCUT2D eigenvalue weighted by Crippen LogP contribution is -1.87. The average molecular weight is 571 g/mol. The standard InChI is InChI=1S/C38H22N2S2/c1-2-13-28-23(8-1)18-19-32-35-38(42-37(28)32)40-33(22-39-35)27-12-6-10-25(21-27)24-9-5-11-26(20-24)29-15-7-16-31-30-14-3-4-17-34(30)41-36(29)31/h1-22H. The summed E-state index contributed by atoms with van der Waals surface area (Å²) in [6.07, 6.45) is 1.92. The largest absolute Gasteiger partial charge is 0.251 e. The van der Waals surface area contributed by atoms with Crippen molar-refractivity contribution in [2.45, 2.75) is 0 Å². The third-order valence-electron chi connectivity index (χ3n) is 8.14. The summed E-state index contributed by atoms with van der Waals surface area (Å²) in [6.45, 7) is 0. The van der Waals surface area contributed by atoms with Crippen LogP contribution in [0.3, 0.4) is 0 Å². The molecule has 0 atom stereocenters. The van der Waals surface area contributed by atoms with Gasteiger partial charge in [0, 0.05) is 35.8 Å². The Bertz CT molecular complexity index is 2480. The summed E-state index contributed by atoms with van der Waals surface area (Å²) in [5.41, 5.74) is 7.81. The first kappa shape index (κ1) is 23.8. The smallest absolute Gasteiger partial charge is 0.143 e. The third-order valence-corrected chi connectivity index (χ3v) is 10.5. The van der Waals surface area contributed by atoms with Gasteiger partial charge in [0.1, 0.15) is 10.3 Å². The molecule has 9 rings (SSSR count). The maximum Gasteiger partial charge on any atom is 0.143 e. The predicted molar refractivity (Wildman–Crippen MR) is 182 cm³/mol. The third kappa shape index (κ3) is 3.69. The summed E-state index contributed by atoms with van der Waals surface area (Å²) >= 11 is 3.60. The second-order valence-electron chi connectivity index (χ2n) is 10.6. The zero-order valence-electron chi connectivity index (χ0n) is 22.4. The first-order chi connectivity index (χ1) is 20.8. The summed E-state index contributed by atoms with van der Waals surface area (Å²) in [5, 5.41) is 6.33. The number of fused-ring (bicyclic) bond motifs is 8. The second kappa shape index (κ2) is 9.31. The molecule has 0 unspecified atom stereocenters. The van der Waals surface area contributed by atoms with Crippen LogP contribution in [0.1, 0.15) is 0 Å². The monoisotopic (exact) mass is 570 g/mol. The van der Waals surface area contributed by atoms with E-state index in [0.717, 1.165) is 21.6 Å². The van der Waals surface area contributed by atoms with E-state index in [1.54, 1.807) is 11.3 Å². The Kier molecular flexibility index (Phi) is 5.27. The number of nitrogens with zero attached hydrogens (tertiary/aromatic N) is 2. The molecular formula is C38H22N2S2. The molecule has 0 saturated carbocycles. The molecule has 6 aromatic carbocycles. The first-order valence-corrected chi connectivity index (χ1v) is 15.6. The van der Waals surface area contributed by atoms with Crippen molar-refractivity contribution < 1.29 is 0 Å². The van der Waals surface area contributed by atoms with Gasteiger partial charge < -0.3 is 0 Å². The summed E-state index contributed by atoms with van der Waals surface area (Å²) in [7, 11) is 0. The van der Waals surface area contributed by atoms with E-state index < -0.39 is 0 Å². The van der Waals surface area contributed by atoms with Crippen molar-refractivity contribution >= 4 is 74.1 Å². The molecule has 3 aromatic heterocycles. The predicted octanol–water partition coefficient (Wildman–Crippen LogP) is 11.4. The number of hydrogen-bond donors (Lipinski definition) is 0. The lowest BCUT2D eigenvalue weighted by molar-refractivity contribution is 1.32. The van der Waals surface area contributed by atoms with Crippen molar-refractivity contribution in [2.75, 3.05) is 0 Å². The summed E-state index contributed by atoms with van der Waals surface area (Å²) in [4.78, 5) is 11.0. The van der Waals surface area contributed by atoms with Crippen LogP contribution >= 0.6 is 22.7 Å². The van der Waals surface area contributed by atoms with Gasteiger partial charge in [-0.05, 0) is 51.2 Å². The molecule has 0 aliphatic rings. The summed E-state index contributed by atoms with van der Waals surface area (Å²) in [6, 6.07) is 45.8. The number of benzene rings is 6. The molecule has 0 amide bonds. The van der Waals surface area contributed by atoms with Gasteiger partial charge in [-0.25, -0.2) is 4.98 Å². The number of aromatic nitrogens is 2. The van der Waals surface area contributed by atoms with Gasteiger partial charge in [-0.2, -0.15) is 0 Å². The Labute approximate surface area is 250 Å². The molecule has 0 bridgehead atoms. The topological polar surface area (TPSA) is 25.8 Å². The van der Waals surface area contributed by atoms with Crippen molar-refractivity contribution in [2.24, 2.45) is 0 Å². The van der Waals surface area contributed by atoms with Crippen LogP contribution in [0.15, 0.2) is 134 Å². The van der Waals surface area contributed by atoms with Gasteiger partial charge in [0.05, 0.1) is 11.9 Å². The van der Waals surface area contributed by atoms with Gasteiger partial charge in [-0.15, -0.1) is 22.7 Å². The minimum absolute atomic E-state index is 0.895. The van der Waals surface area contributed by atoms with Crippen LogP contribution in [0.4, 0.5) is 0 Å². The Morgan fingerprint density at radius 2 is 1.19 bits per heavy atom. The molecule has 3 heterocycles. The molecule has 0 aliphatic carbocycles. The molecule has 4 heteroatoms. The Balaban J connectivity index is 1.13. The zero-order valence-corrected chi connectivity index (χ0v) is 24.0. The minimum Gasteiger partial charge on any atom is -0.251 e. The van der Waals surface area contributed by atoms with E-state index in [1.807, 2.05) is 17.5 Å². The fourth-order valence-corrected chi connectivity index (χ4v) is 8.51. The quantitative estimate of drug-likeness (QED) is 0.211. The Morgan fingerprint density at radius 3 is 2.10 bits per heavy atom. The van der Waals surface area contributed by atoms with Crippen LogP contribution in [-0.4, -0.2) is 9.97 Å². The molecule has 196 valence electrons. The summed E-state index contributed by atoms with van der Waals surface area (Å²) < 4.78 is 3.91. The Morgan fingerprint density at radius 1 is 0.476 bits per heavy atom. The number of rotatable bonds is 3. The van der Waals surface area contributed by atoms with Gasteiger partial charge in [0.2, 0.25) is 0 Å². The molecule has 0 N–H and O–H groups in total.